The van der Waals surface area contributed by atoms with Gasteiger partial charge in [-0.15, -0.1) is 0 Å². The summed E-state index contributed by atoms with van der Waals surface area (Å²) in [4.78, 5) is 18.0. The normalized spacial score (nSPS) is 16.4. The van der Waals surface area contributed by atoms with Crippen molar-refractivity contribution < 1.29 is 18.7 Å². The largest absolute Gasteiger partial charge is 0.496 e. The predicted molar refractivity (Wildman–Crippen MR) is 106 cm³/mol. The predicted octanol–water partition coefficient (Wildman–Crippen LogP) is 3.65. The van der Waals surface area contributed by atoms with E-state index in [-0.39, 0.29) is 17.8 Å². The Hall–Kier alpha value is -3.22. The molecule has 6 nitrogen and oxygen atoms in total. The van der Waals surface area contributed by atoms with E-state index in [1.807, 2.05) is 6.07 Å². The maximum absolute atomic E-state index is 13.4. The van der Waals surface area contributed by atoms with Crippen LogP contribution in [0.25, 0.3) is 10.9 Å². The zero-order chi connectivity index (χ0) is 19.7. The van der Waals surface area contributed by atoms with Crippen LogP contribution in [0.15, 0.2) is 42.5 Å². The highest BCUT2D eigenvalue weighted by Crippen LogP contribution is 2.31. The Morgan fingerprint density at radius 2 is 1.93 bits per heavy atom. The second-order valence-electron chi connectivity index (χ2n) is 6.83. The van der Waals surface area contributed by atoms with Crippen LogP contribution in [-0.2, 0) is 0 Å². The van der Waals surface area contributed by atoms with Gasteiger partial charge in [0.05, 0.1) is 14.2 Å². The maximum Gasteiger partial charge on any atom is 0.261 e. The summed E-state index contributed by atoms with van der Waals surface area (Å²) in [5.41, 5.74) is 1.18. The number of nitrogens with zero attached hydrogens (tertiary/aromatic N) is 1. The van der Waals surface area contributed by atoms with Crippen LogP contribution in [0.3, 0.4) is 0 Å². The van der Waals surface area contributed by atoms with E-state index in [2.05, 4.69) is 10.3 Å². The summed E-state index contributed by atoms with van der Waals surface area (Å²) < 4.78 is 24.1. The number of anilines is 1. The Kier molecular flexibility index (Phi) is 4.81. The van der Waals surface area contributed by atoms with Gasteiger partial charge in [-0.2, -0.15) is 0 Å². The van der Waals surface area contributed by atoms with Crippen molar-refractivity contribution >= 4 is 22.6 Å². The van der Waals surface area contributed by atoms with Crippen molar-refractivity contribution in [3.05, 3.63) is 53.8 Å². The molecule has 28 heavy (non-hydrogen) atoms. The summed E-state index contributed by atoms with van der Waals surface area (Å²) in [6, 6.07) is 12.0. The lowest BCUT2D eigenvalue weighted by molar-refractivity contribution is 0.0784. The zero-order valence-electron chi connectivity index (χ0n) is 15.8. The molecule has 2 aromatic carbocycles. The Balaban J connectivity index is 1.48. The molecule has 0 saturated carbocycles. The molecule has 7 heteroatoms. The van der Waals surface area contributed by atoms with E-state index >= 15 is 0 Å². The van der Waals surface area contributed by atoms with E-state index < -0.39 is 0 Å². The smallest absolute Gasteiger partial charge is 0.261 e. The lowest BCUT2D eigenvalue weighted by Gasteiger charge is -2.20. The lowest BCUT2D eigenvalue weighted by Crippen LogP contribution is -2.32. The number of H-pyrrole nitrogens is 1. The molecule has 1 aliphatic heterocycles. The monoisotopic (exact) mass is 383 g/mol. The Morgan fingerprint density at radius 3 is 2.64 bits per heavy atom. The SMILES string of the molecule is COc1cccc(OC)c1C(=O)N1CC[C@@H](Nc2cc3ccc(F)cc3[nH]2)C1. The number of hydrogen-bond acceptors (Lipinski definition) is 4. The van der Waals surface area contributed by atoms with Crippen molar-refractivity contribution in [3.8, 4) is 11.5 Å². The van der Waals surface area contributed by atoms with Crippen LogP contribution in [0.2, 0.25) is 0 Å². The number of methoxy groups -OCH3 is 2. The minimum Gasteiger partial charge on any atom is -0.496 e. The highest BCUT2D eigenvalue weighted by Gasteiger charge is 2.30. The molecule has 4 rings (SSSR count). The van der Waals surface area contributed by atoms with E-state index in [1.165, 1.54) is 12.1 Å². The van der Waals surface area contributed by atoms with Gasteiger partial charge in [0, 0.05) is 30.0 Å². The second-order valence-corrected chi connectivity index (χ2v) is 6.83. The summed E-state index contributed by atoms with van der Waals surface area (Å²) in [5.74, 6) is 1.42. The summed E-state index contributed by atoms with van der Waals surface area (Å²) in [6.45, 7) is 1.19. The number of hydrogen-bond donors (Lipinski definition) is 2. The number of carbonyl (C=O) groups excluding carboxylic acids is 1. The van der Waals surface area contributed by atoms with Gasteiger partial charge in [-0.1, -0.05) is 6.07 Å². The van der Waals surface area contributed by atoms with Gasteiger partial charge < -0.3 is 24.7 Å². The molecule has 0 radical (unpaired) electrons. The molecule has 146 valence electrons. The van der Waals surface area contributed by atoms with Gasteiger partial charge in [0.15, 0.2) is 0 Å². The van der Waals surface area contributed by atoms with Gasteiger partial charge in [-0.25, -0.2) is 4.39 Å². The fourth-order valence-electron chi connectivity index (χ4n) is 3.68. The quantitative estimate of drug-likeness (QED) is 0.706. The molecule has 1 aliphatic rings. The van der Waals surface area contributed by atoms with E-state index in [4.69, 9.17) is 9.47 Å². The molecular formula is C21H22FN3O3. The molecule has 1 fully saturated rings. The average Bonchev–Trinajstić information content (AvgIpc) is 3.33. The van der Waals surface area contributed by atoms with Crippen LogP contribution in [0.4, 0.5) is 10.2 Å². The van der Waals surface area contributed by atoms with Crippen LogP contribution in [0, 0.1) is 5.82 Å². The summed E-state index contributed by atoms with van der Waals surface area (Å²) in [6.07, 6.45) is 0.812. The first-order valence-electron chi connectivity index (χ1n) is 9.14. The van der Waals surface area contributed by atoms with Gasteiger partial charge in [0.25, 0.3) is 5.91 Å². The number of fused-ring (bicyclic) bond motifs is 1. The van der Waals surface area contributed by atoms with E-state index in [1.54, 1.807) is 43.4 Å². The molecule has 1 atom stereocenters. The van der Waals surface area contributed by atoms with Crippen LogP contribution in [0.5, 0.6) is 11.5 Å². The number of rotatable bonds is 5. The summed E-state index contributed by atoms with van der Waals surface area (Å²) in [7, 11) is 3.08. The molecule has 1 aromatic heterocycles. The number of amides is 1. The topological polar surface area (TPSA) is 66.6 Å². The number of likely N-dealkylation sites (tertiary alicyclic amines) is 1. The lowest BCUT2D eigenvalue weighted by atomic mass is 10.1. The minimum absolute atomic E-state index is 0.0996. The number of carbonyl (C=O) groups is 1. The van der Waals surface area contributed by atoms with Crippen molar-refractivity contribution in [2.45, 2.75) is 12.5 Å². The second kappa shape index (κ2) is 7.42. The number of nitrogens with one attached hydrogen (secondary N) is 2. The Morgan fingerprint density at radius 1 is 1.18 bits per heavy atom. The highest BCUT2D eigenvalue weighted by molar-refractivity contribution is 6.00. The fraction of sp³-hybridized carbons (Fsp3) is 0.286. The van der Waals surface area contributed by atoms with Gasteiger partial charge >= 0.3 is 0 Å². The van der Waals surface area contributed by atoms with Gasteiger partial charge in [0.2, 0.25) is 0 Å². The molecule has 1 amide bonds. The van der Waals surface area contributed by atoms with Gasteiger partial charge in [0.1, 0.15) is 28.7 Å². The first-order chi connectivity index (χ1) is 13.6. The van der Waals surface area contributed by atoms with Crippen molar-refractivity contribution in [2.75, 3.05) is 32.6 Å². The maximum atomic E-state index is 13.4. The number of aromatic amines is 1. The van der Waals surface area contributed by atoms with Crippen molar-refractivity contribution in [1.82, 2.24) is 9.88 Å². The minimum atomic E-state index is -0.274. The molecule has 0 unspecified atom stereocenters. The van der Waals surface area contributed by atoms with Crippen molar-refractivity contribution in [2.24, 2.45) is 0 Å². The first-order valence-corrected chi connectivity index (χ1v) is 9.14. The third-order valence-electron chi connectivity index (χ3n) is 5.06. The number of benzene rings is 2. The molecule has 2 heterocycles. The average molecular weight is 383 g/mol. The van der Waals surface area contributed by atoms with E-state index in [9.17, 15) is 9.18 Å². The molecule has 1 saturated heterocycles. The van der Waals surface area contributed by atoms with Gasteiger partial charge in [-0.3, -0.25) is 4.79 Å². The van der Waals surface area contributed by atoms with Crippen LogP contribution < -0.4 is 14.8 Å². The standard InChI is InChI=1S/C21H22FN3O3/c1-27-17-4-3-5-18(28-2)20(17)21(26)25-9-8-15(12-25)23-19-10-13-6-7-14(22)11-16(13)24-19/h3-7,10-11,15,23-24H,8-9,12H2,1-2H3/t15-/m1/s1. The van der Waals surface area contributed by atoms with E-state index in [0.717, 1.165) is 23.1 Å². The fourth-order valence-corrected chi connectivity index (χ4v) is 3.68. The van der Waals surface area contributed by atoms with E-state index in [0.29, 0.717) is 30.2 Å². The van der Waals surface area contributed by atoms with Gasteiger partial charge in [-0.05, 0) is 42.8 Å². The third kappa shape index (κ3) is 3.35. The van der Waals surface area contributed by atoms with Crippen LogP contribution in [0.1, 0.15) is 16.8 Å². The molecule has 2 N–H and O–H groups in total. The van der Waals surface area contributed by atoms with Crippen molar-refractivity contribution in [1.29, 1.82) is 0 Å². The molecule has 0 bridgehead atoms. The molecule has 3 aromatic rings. The third-order valence-corrected chi connectivity index (χ3v) is 5.06. The Labute approximate surface area is 162 Å². The van der Waals surface area contributed by atoms with Crippen LogP contribution >= 0.6 is 0 Å². The van der Waals surface area contributed by atoms with Crippen molar-refractivity contribution in [3.63, 3.8) is 0 Å². The molecule has 0 spiro atoms. The Bertz CT molecular complexity index is 995. The molecule has 0 aliphatic carbocycles. The number of aromatic nitrogens is 1. The summed E-state index contributed by atoms with van der Waals surface area (Å²) in [5, 5.41) is 4.35. The first kappa shape index (κ1) is 18.2. The molecular weight excluding hydrogens is 361 g/mol. The number of ether oxygens (including phenoxy) is 2. The zero-order valence-corrected chi connectivity index (χ0v) is 15.8. The number of halogens is 1. The highest BCUT2D eigenvalue weighted by atomic mass is 19.1. The summed E-state index contributed by atoms with van der Waals surface area (Å²) >= 11 is 0. The van der Waals surface area contributed by atoms with Crippen LogP contribution in [-0.4, -0.2) is 49.1 Å².